The first-order valence-electron chi connectivity index (χ1n) is 6.88. The molecule has 1 fully saturated rings. The molecule has 1 heterocycles. The van der Waals surface area contributed by atoms with Gasteiger partial charge in [0.25, 0.3) is 0 Å². The minimum atomic E-state index is -0.917. The maximum atomic E-state index is 12.3. The summed E-state index contributed by atoms with van der Waals surface area (Å²) in [6.45, 7) is 4.00. The zero-order chi connectivity index (χ0) is 13.7. The van der Waals surface area contributed by atoms with E-state index >= 15 is 0 Å². The summed E-state index contributed by atoms with van der Waals surface area (Å²) in [4.78, 5) is 20.6. The third-order valence-electron chi connectivity index (χ3n) is 3.61. The lowest BCUT2D eigenvalue weighted by atomic mass is 9.96. The highest BCUT2D eigenvalue weighted by Gasteiger charge is 2.40. The smallest absolute Gasteiger partial charge is 0.332 e. The molecule has 0 amide bonds. The average molecular weight is 263 g/mol. The fraction of sp³-hybridized carbons (Fsp3) is 0.643. The fourth-order valence-corrected chi connectivity index (χ4v) is 2.55. The van der Waals surface area contributed by atoms with Crippen molar-refractivity contribution in [1.29, 1.82) is 0 Å². The maximum absolute atomic E-state index is 12.3. The van der Waals surface area contributed by atoms with Crippen LogP contribution in [-0.2, 0) is 15.1 Å². The van der Waals surface area contributed by atoms with Gasteiger partial charge in [0.15, 0.2) is 5.54 Å². The third kappa shape index (κ3) is 3.10. The monoisotopic (exact) mass is 263 g/mol. The second-order valence-electron chi connectivity index (χ2n) is 5.06. The fourth-order valence-electron chi connectivity index (χ4n) is 2.55. The van der Waals surface area contributed by atoms with E-state index in [1.807, 2.05) is 13.8 Å². The van der Waals surface area contributed by atoms with Crippen LogP contribution in [0.5, 0.6) is 0 Å². The molecule has 0 bridgehead atoms. The quantitative estimate of drug-likeness (QED) is 0.820. The Hall–Kier alpha value is -1.49. The molecule has 5 heteroatoms. The molecule has 1 aliphatic rings. The molecule has 2 rings (SSSR count). The molecule has 1 unspecified atom stereocenters. The van der Waals surface area contributed by atoms with Gasteiger partial charge in [-0.05, 0) is 26.7 Å². The molecule has 0 aliphatic heterocycles. The Morgan fingerprint density at radius 2 is 2.21 bits per heavy atom. The van der Waals surface area contributed by atoms with Crippen LogP contribution in [0.15, 0.2) is 18.6 Å². The first-order valence-corrected chi connectivity index (χ1v) is 6.88. The van der Waals surface area contributed by atoms with Crippen LogP contribution in [0, 0.1) is 0 Å². The molecule has 1 saturated carbocycles. The Morgan fingerprint density at radius 1 is 1.47 bits per heavy atom. The van der Waals surface area contributed by atoms with Crippen molar-refractivity contribution in [3.63, 3.8) is 0 Å². The summed E-state index contributed by atoms with van der Waals surface area (Å²) in [5.74, 6) is -0.289. The van der Waals surface area contributed by atoms with Gasteiger partial charge < -0.3 is 4.74 Å². The van der Waals surface area contributed by atoms with Gasteiger partial charge in [0.1, 0.15) is 0 Å². The molecule has 1 N–H and O–H groups in total. The maximum Gasteiger partial charge on any atom is 0.332 e. The molecule has 0 aromatic carbocycles. The van der Waals surface area contributed by atoms with Crippen molar-refractivity contribution in [2.24, 2.45) is 0 Å². The number of hydrogen-bond acceptors (Lipinski definition) is 5. The lowest BCUT2D eigenvalue weighted by molar-refractivity contribution is -0.151. The second-order valence-corrected chi connectivity index (χ2v) is 5.06. The van der Waals surface area contributed by atoms with Crippen LogP contribution in [0.25, 0.3) is 0 Å². The molecule has 1 atom stereocenters. The van der Waals surface area contributed by atoms with Crippen LogP contribution in [0.4, 0.5) is 0 Å². The summed E-state index contributed by atoms with van der Waals surface area (Å²) in [7, 11) is 0. The largest absolute Gasteiger partial charge is 0.464 e. The average Bonchev–Trinajstić information content (AvgIpc) is 2.92. The van der Waals surface area contributed by atoms with E-state index in [1.54, 1.807) is 18.6 Å². The van der Waals surface area contributed by atoms with Crippen LogP contribution in [0.2, 0.25) is 0 Å². The molecule has 0 saturated heterocycles. The normalized spacial score (nSPS) is 19.1. The first-order chi connectivity index (χ1) is 9.16. The van der Waals surface area contributed by atoms with E-state index < -0.39 is 5.54 Å². The zero-order valence-corrected chi connectivity index (χ0v) is 11.6. The summed E-state index contributed by atoms with van der Waals surface area (Å²) in [5, 5.41) is 3.42. The van der Waals surface area contributed by atoms with Gasteiger partial charge in [-0.25, -0.2) is 4.79 Å². The standard InChI is InChI=1S/C14H21N3O2/c1-3-19-13(18)14(2,12-10-15-8-9-16-12)17-11-6-4-5-7-11/h8-11,17H,3-7H2,1-2H3. The number of esters is 1. The topological polar surface area (TPSA) is 64.1 Å². The number of rotatable bonds is 5. The Balaban J connectivity index is 2.23. The highest BCUT2D eigenvalue weighted by molar-refractivity contribution is 5.81. The number of carbonyl (C=O) groups excluding carboxylic acids is 1. The summed E-state index contributed by atoms with van der Waals surface area (Å²) in [6.07, 6.45) is 9.42. The SMILES string of the molecule is CCOC(=O)C(C)(NC1CCCC1)c1cnccn1. The molecule has 19 heavy (non-hydrogen) atoms. The summed E-state index contributed by atoms with van der Waals surface area (Å²) < 4.78 is 5.20. The second kappa shape index (κ2) is 6.10. The molecule has 1 aromatic rings. The van der Waals surface area contributed by atoms with Gasteiger partial charge in [0.05, 0.1) is 18.5 Å². The molecule has 104 valence electrons. The number of carbonyl (C=O) groups is 1. The minimum Gasteiger partial charge on any atom is -0.464 e. The van der Waals surface area contributed by atoms with E-state index in [4.69, 9.17) is 4.74 Å². The molecule has 1 aliphatic carbocycles. The molecule has 0 spiro atoms. The van der Waals surface area contributed by atoms with Gasteiger partial charge in [-0.15, -0.1) is 0 Å². The van der Waals surface area contributed by atoms with E-state index in [0.29, 0.717) is 18.3 Å². The molecule has 0 radical (unpaired) electrons. The summed E-state index contributed by atoms with van der Waals surface area (Å²) >= 11 is 0. The van der Waals surface area contributed by atoms with Crippen molar-refractivity contribution >= 4 is 5.97 Å². The third-order valence-corrected chi connectivity index (χ3v) is 3.61. The highest BCUT2D eigenvalue weighted by Crippen LogP contribution is 2.26. The van der Waals surface area contributed by atoms with Crippen LogP contribution < -0.4 is 5.32 Å². The summed E-state index contributed by atoms with van der Waals surface area (Å²) in [5.41, 5.74) is -0.306. The Bertz CT molecular complexity index is 418. The zero-order valence-electron chi connectivity index (χ0n) is 11.6. The molecule has 1 aromatic heterocycles. The number of hydrogen-bond donors (Lipinski definition) is 1. The molecular formula is C14H21N3O2. The van der Waals surface area contributed by atoms with E-state index in [9.17, 15) is 4.79 Å². The molecular weight excluding hydrogens is 242 g/mol. The summed E-state index contributed by atoms with van der Waals surface area (Å²) in [6, 6.07) is 0.344. The lowest BCUT2D eigenvalue weighted by Gasteiger charge is -2.30. The Labute approximate surface area is 113 Å². The van der Waals surface area contributed by atoms with Crippen molar-refractivity contribution in [2.45, 2.75) is 51.1 Å². The highest BCUT2D eigenvalue weighted by atomic mass is 16.5. The Morgan fingerprint density at radius 3 is 2.79 bits per heavy atom. The van der Waals surface area contributed by atoms with Gasteiger partial charge in [0.2, 0.25) is 0 Å². The van der Waals surface area contributed by atoms with Gasteiger partial charge in [-0.2, -0.15) is 0 Å². The van der Waals surface area contributed by atoms with Crippen molar-refractivity contribution in [3.05, 3.63) is 24.3 Å². The lowest BCUT2D eigenvalue weighted by Crippen LogP contribution is -2.52. The van der Waals surface area contributed by atoms with Gasteiger partial charge in [0, 0.05) is 18.4 Å². The van der Waals surface area contributed by atoms with Crippen LogP contribution in [0.3, 0.4) is 0 Å². The predicted molar refractivity (Wildman–Crippen MR) is 71.4 cm³/mol. The predicted octanol–water partition coefficient (Wildman–Crippen LogP) is 1.79. The van der Waals surface area contributed by atoms with E-state index in [2.05, 4.69) is 15.3 Å². The van der Waals surface area contributed by atoms with Gasteiger partial charge in [-0.1, -0.05) is 12.8 Å². The number of aromatic nitrogens is 2. The van der Waals surface area contributed by atoms with E-state index in [0.717, 1.165) is 12.8 Å². The van der Waals surface area contributed by atoms with E-state index in [-0.39, 0.29) is 5.97 Å². The van der Waals surface area contributed by atoms with Gasteiger partial charge in [-0.3, -0.25) is 15.3 Å². The van der Waals surface area contributed by atoms with Crippen LogP contribution in [0.1, 0.15) is 45.2 Å². The van der Waals surface area contributed by atoms with Crippen LogP contribution in [-0.4, -0.2) is 28.6 Å². The van der Waals surface area contributed by atoms with Crippen molar-refractivity contribution in [3.8, 4) is 0 Å². The number of nitrogens with one attached hydrogen (secondary N) is 1. The Kier molecular flexibility index (Phi) is 4.47. The minimum absolute atomic E-state index is 0.289. The van der Waals surface area contributed by atoms with E-state index in [1.165, 1.54) is 12.8 Å². The van der Waals surface area contributed by atoms with Crippen molar-refractivity contribution < 1.29 is 9.53 Å². The van der Waals surface area contributed by atoms with Gasteiger partial charge >= 0.3 is 5.97 Å². The number of ether oxygens (including phenoxy) is 1. The molecule has 5 nitrogen and oxygen atoms in total. The van der Waals surface area contributed by atoms with Crippen LogP contribution >= 0.6 is 0 Å². The number of nitrogens with zero attached hydrogens (tertiary/aromatic N) is 2. The van der Waals surface area contributed by atoms with Crippen molar-refractivity contribution in [2.75, 3.05) is 6.61 Å². The van der Waals surface area contributed by atoms with Crippen molar-refractivity contribution in [1.82, 2.24) is 15.3 Å². The first kappa shape index (κ1) is 13.9.